The molecule has 0 amide bonds. The normalized spacial score (nSPS) is 11.7. The number of ether oxygens (including phenoxy) is 1. The summed E-state index contributed by atoms with van der Waals surface area (Å²) in [5.41, 5.74) is 8.71. The molecule has 0 radical (unpaired) electrons. The molecule has 0 heterocycles. The number of thioether (sulfide) groups is 1. The van der Waals surface area contributed by atoms with Gasteiger partial charge in [0.2, 0.25) is 0 Å². The average molecular weight is 411 g/mol. The smallest absolute Gasteiger partial charge is 0.180 e. The molecule has 29 heavy (non-hydrogen) atoms. The van der Waals surface area contributed by atoms with Crippen LogP contribution in [0.4, 0.5) is 8.78 Å². The van der Waals surface area contributed by atoms with Crippen LogP contribution in [0.2, 0.25) is 0 Å². The molecule has 3 rings (SSSR count). The van der Waals surface area contributed by atoms with Gasteiger partial charge in [0.05, 0.1) is 6.21 Å². The van der Waals surface area contributed by atoms with E-state index in [1.54, 1.807) is 6.21 Å². The van der Waals surface area contributed by atoms with Crippen LogP contribution in [0.3, 0.4) is 0 Å². The predicted molar refractivity (Wildman–Crippen MR) is 114 cm³/mol. The van der Waals surface area contributed by atoms with Gasteiger partial charge in [0.1, 0.15) is 12.4 Å². The van der Waals surface area contributed by atoms with Crippen molar-refractivity contribution in [3.8, 4) is 5.75 Å². The molecule has 3 aromatic rings. The van der Waals surface area contributed by atoms with Gasteiger partial charge >= 0.3 is 0 Å². The van der Waals surface area contributed by atoms with E-state index in [0.29, 0.717) is 5.17 Å². The molecule has 0 fully saturated rings. The van der Waals surface area contributed by atoms with Crippen LogP contribution in [-0.2, 0) is 12.4 Å². The minimum absolute atomic E-state index is 0.213. The van der Waals surface area contributed by atoms with Gasteiger partial charge < -0.3 is 10.5 Å². The second kappa shape index (κ2) is 10.4. The van der Waals surface area contributed by atoms with Crippen LogP contribution < -0.4 is 10.5 Å². The number of nitrogens with two attached hydrogens (primary N) is 1. The summed E-state index contributed by atoms with van der Waals surface area (Å²) in [7, 11) is 0. The first kappa shape index (κ1) is 20.5. The Morgan fingerprint density at radius 2 is 1.72 bits per heavy atom. The number of halogens is 2. The topological polar surface area (TPSA) is 60.0 Å². The van der Waals surface area contributed by atoms with Gasteiger partial charge in [-0.15, -0.1) is 5.10 Å². The molecule has 4 nitrogen and oxygen atoms in total. The van der Waals surface area contributed by atoms with E-state index in [0.717, 1.165) is 34.6 Å². The summed E-state index contributed by atoms with van der Waals surface area (Å²) in [4.78, 5) is 0. The molecule has 0 unspecified atom stereocenters. The Morgan fingerprint density at radius 1 is 0.931 bits per heavy atom. The molecule has 0 aliphatic carbocycles. The maximum atomic E-state index is 13.2. The van der Waals surface area contributed by atoms with Crippen molar-refractivity contribution in [2.24, 2.45) is 15.9 Å². The van der Waals surface area contributed by atoms with Crippen molar-refractivity contribution in [1.29, 1.82) is 0 Å². The summed E-state index contributed by atoms with van der Waals surface area (Å²) in [6.07, 6.45) is 1.59. The Morgan fingerprint density at radius 3 is 2.52 bits per heavy atom. The number of hydrogen-bond donors (Lipinski definition) is 1. The standard InChI is InChI=1S/C22H19F2N3OS/c23-20-10-9-19(12-21(20)24)28-14-18-8-4-7-17(11-18)13-26-27-22(25)29-15-16-5-2-1-3-6-16/h1-13H,14-15H2,(H2,25,27). The quantitative estimate of drug-likeness (QED) is 0.333. The van der Waals surface area contributed by atoms with Crippen LogP contribution in [-0.4, -0.2) is 11.4 Å². The van der Waals surface area contributed by atoms with Gasteiger partial charge in [0.15, 0.2) is 16.8 Å². The molecule has 0 saturated carbocycles. The second-order valence-electron chi connectivity index (χ2n) is 6.07. The van der Waals surface area contributed by atoms with Gasteiger partial charge in [-0.2, -0.15) is 5.10 Å². The largest absolute Gasteiger partial charge is 0.489 e. The lowest BCUT2D eigenvalue weighted by atomic mass is 10.1. The summed E-state index contributed by atoms with van der Waals surface area (Å²) in [5, 5.41) is 8.39. The first-order valence-electron chi connectivity index (χ1n) is 8.80. The van der Waals surface area contributed by atoms with Gasteiger partial charge in [-0.25, -0.2) is 8.78 Å². The van der Waals surface area contributed by atoms with E-state index in [1.165, 1.54) is 17.8 Å². The van der Waals surface area contributed by atoms with Crippen molar-refractivity contribution < 1.29 is 13.5 Å². The fourth-order valence-electron chi connectivity index (χ4n) is 2.41. The van der Waals surface area contributed by atoms with Gasteiger partial charge in [0, 0.05) is 11.8 Å². The first-order chi connectivity index (χ1) is 14.1. The lowest BCUT2D eigenvalue weighted by Gasteiger charge is -2.07. The highest BCUT2D eigenvalue weighted by Gasteiger charge is 2.04. The van der Waals surface area contributed by atoms with Crippen LogP contribution in [0.1, 0.15) is 16.7 Å². The van der Waals surface area contributed by atoms with Crippen LogP contribution in [0, 0.1) is 11.6 Å². The molecule has 0 spiro atoms. The van der Waals surface area contributed by atoms with Crippen LogP contribution in [0.5, 0.6) is 5.75 Å². The van der Waals surface area contributed by atoms with E-state index >= 15 is 0 Å². The van der Waals surface area contributed by atoms with Gasteiger partial charge in [0.25, 0.3) is 0 Å². The maximum Gasteiger partial charge on any atom is 0.180 e. The van der Waals surface area contributed by atoms with Crippen molar-refractivity contribution in [2.45, 2.75) is 12.4 Å². The van der Waals surface area contributed by atoms with E-state index in [1.807, 2.05) is 54.6 Å². The van der Waals surface area contributed by atoms with Crippen molar-refractivity contribution in [3.05, 3.63) is 101 Å². The van der Waals surface area contributed by atoms with Gasteiger partial charge in [-0.1, -0.05) is 60.3 Å². The zero-order valence-electron chi connectivity index (χ0n) is 15.5. The average Bonchev–Trinajstić information content (AvgIpc) is 2.74. The van der Waals surface area contributed by atoms with Crippen LogP contribution >= 0.6 is 11.8 Å². The molecular weight excluding hydrogens is 392 g/mol. The first-order valence-corrected chi connectivity index (χ1v) is 9.79. The van der Waals surface area contributed by atoms with Crippen LogP contribution in [0.15, 0.2) is 83.0 Å². The fourth-order valence-corrected chi connectivity index (χ4v) is 3.02. The van der Waals surface area contributed by atoms with E-state index < -0.39 is 11.6 Å². The summed E-state index contributed by atoms with van der Waals surface area (Å²) in [6, 6.07) is 20.9. The number of nitrogens with zero attached hydrogens (tertiary/aromatic N) is 2. The lowest BCUT2D eigenvalue weighted by molar-refractivity contribution is 0.303. The minimum atomic E-state index is -0.941. The SMILES string of the molecule is NC(=NN=Cc1cccc(COc2ccc(F)c(F)c2)c1)SCc1ccccc1. The van der Waals surface area contributed by atoms with Gasteiger partial charge in [-0.05, 0) is 34.9 Å². The summed E-state index contributed by atoms with van der Waals surface area (Å²) >= 11 is 1.41. The lowest BCUT2D eigenvalue weighted by Crippen LogP contribution is -2.06. The van der Waals surface area contributed by atoms with Crippen molar-refractivity contribution >= 4 is 23.1 Å². The highest BCUT2D eigenvalue weighted by molar-refractivity contribution is 8.13. The zero-order chi connectivity index (χ0) is 20.5. The Hall–Kier alpha value is -3.19. The third kappa shape index (κ3) is 6.73. The van der Waals surface area contributed by atoms with Crippen molar-refractivity contribution in [3.63, 3.8) is 0 Å². The second-order valence-corrected chi connectivity index (χ2v) is 7.06. The Bertz CT molecular complexity index is 1010. The van der Waals surface area contributed by atoms with E-state index in [9.17, 15) is 8.78 Å². The molecule has 0 saturated heterocycles. The van der Waals surface area contributed by atoms with E-state index in [-0.39, 0.29) is 12.4 Å². The third-order valence-electron chi connectivity index (χ3n) is 3.84. The molecule has 3 aromatic carbocycles. The van der Waals surface area contributed by atoms with E-state index in [2.05, 4.69) is 10.2 Å². The number of rotatable bonds is 7. The minimum Gasteiger partial charge on any atom is -0.489 e. The Kier molecular flexibility index (Phi) is 7.35. The highest BCUT2D eigenvalue weighted by atomic mass is 32.2. The van der Waals surface area contributed by atoms with Crippen LogP contribution in [0.25, 0.3) is 0 Å². The molecule has 7 heteroatoms. The van der Waals surface area contributed by atoms with E-state index in [4.69, 9.17) is 10.5 Å². The van der Waals surface area contributed by atoms with Crippen molar-refractivity contribution in [2.75, 3.05) is 0 Å². The highest BCUT2D eigenvalue weighted by Crippen LogP contribution is 2.17. The summed E-state index contributed by atoms with van der Waals surface area (Å²) in [6.45, 7) is 0.213. The maximum absolute atomic E-state index is 13.2. The molecule has 0 atom stereocenters. The number of hydrogen-bond acceptors (Lipinski definition) is 4. The Labute approximate surface area is 172 Å². The molecule has 0 aromatic heterocycles. The van der Waals surface area contributed by atoms with Gasteiger partial charge in [-0.3, -0.25) is 0 Å². The molecular formula is C22H19F2N3OS. The molecule has 2 N–H and O–H groups in total. The molecule has 0 aliphatic rings. The summed E-state index contributed by atoms with van der Waals surface area (Å²) in [5.74, 6) is -0.861. The molecule has 0 bridgehead atoms. The van der Waals surface area contributed by atoms with Crippen molar-refractivity contribution in [1.82, 2.24) is 0 Å². The number of amidine groups is 1. The fraction of sp³-hybridized carbons (Fsp3) is 0.0909. The zero-order valence-corrected chi connectivity index (χ0v) is 16.3. The summed E-state index contributed by atoms with van der Waals surface area (Å²) < 4.78 is 31.7. The Balaban J connectivity index is 1.53. The third-order valence-corrected chi connectivity index (χ3v) is 4.70. The molecule has 0 aliphatic heterocycles. The molecule has 148 valence electrons. The monoisotopic (exact) mass is 411 g/mol. The predicted octanol–water partition coefficient (Wildman–Crippen LogP) is 5.13. The number of benzene rings is 3.